The van der Waals surface area contributed by atoms with Crippen LogP contribution in [0.1, 0.15) is 17.2 Å². The van der Waals surface area contributed by atoms with Gasteiger partial charge in [0, 0.05) is 25.4 Å². The molecule has 0 aliphatic carbocycles. The zero-order valence-electron chi connectivity index (χ0n) is 10.1. The van der Waals surface area contributed by atoms with Crippen molar-refractivity contribution in [2.24, 2.45) is 7.05 Å². The zero-order chi connectivity index (χ0) is 11.8. The lowest BCUT2D eigenvalue weighted by Crippen LogP contribution is -2.25. The third-order valence-electron chi connectivity index (χ3n) is 3.13. The maximum atomic E-state index is 4.21. The van der Waals surface area contributed by atoms with Gasteiger partial charge in [-0.05, 0) is 24.6 Å². The van der Waals surface area contributed by atoms with Crippen molar-refractivity contribution < 1.29 is 0 Å². The molecule has 1 atom stereocenters. The monoisotopic (exact) mass is 228 g/mol. The Morgan fingerprint density at radius 1 is 1.35 bits per heavy atom. The van der Waals surface area contributed by atoms with Crippen LogP contribution in [0.3, 0.4) is 0 Å². The van der Waals surface area contributed by atoms with Crippen LogP contribution in [0.25, 0.3) is 0 Å². The first kappa shape index (κ1) is 10.2. The van der Waals surface area contributed by atoms with Crippen LogP contribution < -0.4 is 10.6 Å². The number of anilines is 2. The first-order valence-corrected chi connectivity index (χ1v) is 5.82. The van der Waals surface area contributed by atoms with Gasteiger partial charge in [0.1, 0.15) is 0 Å². The van der Waals surface area contributed by atoms with E-state index in [9.17, 15) is 0 Å². The molecular formula is C13H16N4. The number of fused-ring (bicyclic) bond motifs is 1. The molecular weight excluding hydrogens is 212 g/mol. The lowest BCUT2D eigenvalue weighted by Gasteiger charge is -2.28. The summed E-state index contributed by atoms with van der Waals surface area (Å²) in [5.41, 5.74) is 4.84. The second-order valence-corrected chi connectivity index (χ2v) is 4.57. The van der Waals surface area contributed by atoms with Crippen LogP contribution in [0.15, 0.2) is 30.6 Å². The normalized spacial score (nSPS) is 18.1. The van der Waals surface area contributed by atoms with E-state index < -0.39 is 0 Å². The molecule has 4 nitrogen and oxygen atoms in total. The topological polar surface area (TPSA) is 41.9 Å². The molecule has 2 heterocycles. The van der Waals surface area contributed by atoms with Crippen LogP contribution in [-0.4, -0.2) is 16.3 Å². The molecule has 1 aromatic heterocycles. The Hall–Kier alpha value is -1.97. The third-order valence-corrected chi connectivity index (χ3v) is 3.13. The number of nitrogens with zero attached hydrogens (tertiary/aromatic N) is 2. The Kier molecular flexibility index (Phi) is 2.28. The predicted molar refractivity (Wildman–Crippen MR) is 69.2 cm³/mol. The minimum absolute atomic E-state index is 0.291. The van der Waals surface area contributed by atoms with Crippen molar-refractivity contribution >= 4 is 11.4 Å². The summed E-state index contributed by atoms with van der Waals surface area (Å²) < 4.78 is 1.83. The van der Waals surface area contributed by atoms with Crippen LogP contribution in [-0.2, 0) is 7.05 Å². The molecule has 0 fully saturated rings. The van der Waals surface area contributed by atoms with Gasteiger partial charge >= 0.3 is 0 Å². The van der Waals surface area contributed by atoms with Crippen LogP contribution in [0, 0.1) is 6.92 Å². The number of benzene rings is 1. The Morgan fingerprint density at radius 3 is 3.00 bits per heavy atom. The minimum Gasteiger partial charge on any atom is -0.381 e. The molecule has 0 bridgehead atoms. The lowest BCUT2D eigenvalue weighted by atomic mass is 10.1. The van der Waals surface area contributed by atoms with Gasteiger partial charge < -0.3 is 10.6 Å². The van der Waals surface area contributed by atoms with Crippen molar-refractivity contribution in [2.75, 3.05) is 17.2 Å². The molecule has 1 unspecified atom stereocenters. The van der Waals surface area contributed by atoms with E-state index in [1.54, 1.807) is 0 Å². The van der Waals surface area contributed by atoms with E-state index in [1.807, 2.05) is 17.9 Å². The Labute approximate surface area is 101 Å². The van der Waals surface area contributed by atoms with Gasteiger partial charge in [0.05, 0.1) is 23.6 Å². The Morgan fingerprint density at radius 2 is 2.24 bits per heavy atom. The number of aryl methyl sites for hydroxylation is 2. The van der Waals surface area contributed by atoms with E-state index in [2.05, 4.69) is 47.1 Å². The SMILES string of the molecule is Cc1ccc2c(c1)NCC(c1cnn(C)c1)N2. The molecule has 17 heavy (non-hydrogen) atoms. The number of hydrogen-bond acceptors (Lipinski definition) is 3. The maximum absolute atomic E-state index is 4.21. The summed E-state index contributed by atoms with van der Waals surface area (Å²) in [6, 6.07) is 6.71. The van der Waals surface area contributed by atoms with Crippen LogP contribution >= 0.6 is 0 Å². The molecule has 0 amide bonds. The van der Waals surface area contributed by atoms with Gasteiger partial charge in [-0.1, -0.05) is 6.07 Å². The molecule has 2 aromatic rings. The summed E-state index contributed by atoms with van der Waals surface area (Å²) in [5, 5.41) is 11.2. The van der Waals surface area contributed by atoms with Crippen LogP contribution in [0.5, 0.6) is 0 Å². The van der Waals surface area contributed by atoms with Crippen molar-refractivity contribution in [3.05, 3.63) is 41.7 Å². The van der Waals surface area contributed by atoms with Crippen molar-refractivity contribution in [1.29, 1.82) is 0 Å². The average Bonchev–Trinajstić information content (AvgIpc) is 2.75. The molecule has 1 aliphatic heterocycles. The summed E-state index contributed by atoms with van der Waals surface area (Å²) in [4.78, 5) is 0. The fraction of sp³-hybridized carbons (Fsp3) is 0.308. The summed E-state index contributed by atoms with van der Waals surface area (Å²) in [6.07, 6.45) is 3.97. The molecule has 3 rings (SSSR count). The van der Waals surface area contributed by atoms with Crippen LogP contribution in [0.4, 0.5) is 11.4 Å². The highest BCUT2D eigenvalue weighted by Gasteiger charge is 2.19. The van der Waals surface area contributed by atoms with E-state index in [4.69, 9.17) is 0 Å². The standard InChI is InChI=1S/C13H16N4/c1-9-3-4-11-12(5-9)14-7-13(16-11)10-6-15-17(2)8-10/h3-6,8,13-14,16H,7H2,1-2H3. The van der Waals surface area contributed by atoms with Gasteiger partial charge in [-0.3, -0.25) is 4.68 Å². The molecule has 88 valence electrons. The number of hydrogen-bond donors (Lipinski definition) is 2. The highest BCUT2D eigenvalue weighted by atomic mass is 15.2. The highest BCUT2D eigenvalue weighted by Crippen LogP contribution is 2.31. The van der Waals surface area contributed by atoms with Gasteiger partial charge in [0.25, 0.3) is 0 Å². The van der Waals surface area contributed by atoms with Crippen molar-refractivity contribution in [3.63, 3.8) is 0 Å². The number of aromatic nitrogens is 2. The summed E-state index contributed by atoms with van der Waals surface area (Å²) in [5.74, 6) is 0. The minimum atomic E-state index is 0.291. The highest BCUT2D eigenvalue weighted by molar-refractivity contribution is 5.72. The summed E-state index contributed by atoms with van der Waals surface area (Å²) in [6.45, 7) is 3.00. The van der Waals surface area contributed by atoms with Gasteiger partial charge in [0.15, 0.2) is 0 Å². The molecule has 2 N–H and O–H groups in total. The van der Waals surface area contributed by atoms with Gasteiger partial charge in [-0.2, -0.15) is 5.10 Å². The third kappa shape index (κ3) is 1.86. The quantitative estimate of drug-likeness (QED) is 0.787. The van der Waals surface area contributed by atoms with E-state index in [0.717, 1.165) is 12.2 Å². The molecule has 4 heteroatoms. The lowest BCUT2D eigenvalue weighted by molar-refractivity contribution is 0.761. The summed E-state index contributed by atoms with van der Waals surface area (Å²) >= 11 is 0. The second-order valence-electron chi connectivity index (χ2n) is 4.57. The maximum Gasteiger partial charge on any atom is 0.0717 e. The first-order valence-electron chi connectivity index (χ1n) is 5.82. The molecule has 0 saturated carbocycles. The molecule has 0 saturated heterocycles. The fourth-order valence-corrected chi connectivity index (χ4v) is 2.20. The fourth-order valence-electron chi connectivity index (χ4n) is 2.20. The van der Waals surface area contributed by atoms with Gasteiger partial charge in [-0.15, -0.1) is 0 Å². The predicted octanol–water partition coefficient (Wildman–Crippen LogP) is 2.31. The first-order chi connectivity index (χ1) is 8.22. The Bertz CT molecular complexity index is 544. The smallest absolute Gasteiger partial charge is 0.0717 e. The van der Waals surface area contributed by atoms with Crippen molar-refractivity contribution in [1.82, 2.24) is 9.78 Å². The van der Waals surface area contributed by atoms with E-state index in [0.29, 0.717) is 6.04 Å². The molecule has 0 radical (unpaired) electrons. The van der Waals surface area contributed by atoms with Crippen molar-refractivity contribution in [2.45, 2.75) is 13.0 Å². The second kappa shape index (κ2) is 3.80. The van der Waals surface area contributed by atoms with E-state index >= 15 is 0 Å². The zero-order valence-corrected chi connectivity index (χ0v) is 10.1. The summed E-state index contributed by atoms with van der Waals surface area (Å²) in [7, 11) is 1.94. The van der Waals surface area contributed by atoms with E-state index in [-0.39, 0.29) is 0 Å². The number of nitrogens with one attached hydrogen (secondary N) is 2. The Balaban J connectivity index is 1.88. The van der Waals surface area contributed by atoms with Gasteiger partial charge in [0.2, 0.25) is 0 Å². The van der Waals surface area contributed by atoms with Gasteiger partial charge in [-0.25, -0.2) is 0 Å². The van der Waals surface area contributed by atoms with Crippen LogP contribution in [0.2, 0.25) is 0 Å². The number of rotatable bonds is 1. The average molecular weight is 228 g/mol. The molecule has 1 aliphatic rings. The van der Waals surface area contributed by atoms with Crippen molar-refractivity contribution in [3.8, 4) is 0 Å². The molecule has 1 aromatic carbocycles. The van der Waals surface area contributed by atoms with E-state index in [1.165, 1.54) is 16.8 Å². The molecule has 0 spiro atoms. The largest absolute Gasteiger partial charge is 0.381 e.